The van der Waals surface area contributed by atoms with E-state index in [1.807, 2.05) is 47.0 Å². The second-order valence-electron chi connectivity index (χ2n) is 6.41. The van der Waals surface area contributed by atoms with Gasteiger partial charge in [0.1, 0.15) is 0 Å². The predicted molar refractivity (Wildman–Crippen MR) is 103 cm³/mol. The van der Waals surface area contributed by atoms with Crippen LogP contribution in [0, 0.1) is 0 Å². The summed E-state index contributed by atoms with van der Waals surface area (Å²) >= 11 is 1.27. The highest BCUT2D eigenvalue weighted by atomic mass is 32.2. The van der Waals surface area contributed by atoms with Gasteiger partial charge in [0.15, 0.2) is 20.8 Å². The second-order valence-corrected chi connectivity index (χ2v) is 9.77. The molecular formula is C18H18N4O3S2. The molecule has 1 aromatic carbocycles. The molecule has 0 aliphatic carbocycles. The van der Waals surface area contributed by atoms with E-state index in [9.17, 15) is 13.5 Å². The number of pyridine rings is 1. The molecule has 0 radical (unpaired) electrons. The van der Waals surface area contributed by atoms with Gasteiger partial charge in [-0.25, -0.2) is 8.42 Å². The Balaban J connectivity index is 1.70. The van der Waals surface area contributed by atoms with E-state index in [-0.39, 0.29) is 11.5 Å². The van der Waals surface area contributed by atoms with Crippen LogP contribution in [0.25, 0.3) is 11.4 Å². The number of hydrogen-bond donors (Lipinski definition) is 1. The topological polar surface area (TPSA) is 98.0 Å². The molecule has 7 nitrogen and oxygen atoms in total. The molecule has 1 saturated heterocycles. The van der Waals surface area contributed by atoms with Crippen molar-refractivity contribution < 1.29 is 13.5 Å². The van der Waals surface area contributed by atoms with Crippen molar-refractivity contribution in [2.75, 3.05) is 11.5 Å². The molecule has 2 aromatic heterocycles. The number of aliphatic hydroxyl groups is 1. The summed E-state index contributed by atoms with van der Waals surface area (Å²) in [4.78, 5) is 4.04. The highest BCUT2D eigenvalue weighted by Gasteiger charge is 2.38. The Labute approximate surface area is 161 Å². The van der Waals surface area contributed by atoms with Crippen LogP contribution >= 0.6 is 11.8 Å². The number of rotatable bonds is 5. The number of hydrogen-bond acceptors (Lipinski definition) is 7. The third-order valence-electron chi connectivity index (χ3n) is 4.37. The number of nitrogens with zero attached hydrogens (tertiary/aromatic N) is 4. The molecule has 9 heteroatoms. The number of thioether (sulfide) groups is 1. The van der Waals surface area contributed by atoms with Crippen molar-refractivity contribution in [3.8, 4) is 11.4 Å². The molecule has 0 bridgehead atoms. The third kappa shape index (κ3) is 4.05. The van der Waals surface area contributed by atoms with Crippen molar-refractivity contribution in [3.05, 3.63) is 60.4 Å². The fraction of sp³-hybridized carbons (Fsp3) is 0.278. The van der Waals surface area contributed by atoms with E-state index >= 15 is 0 Å². The van der Waals surface area contributed by atoms with Crippen molar-refractivity contribution in [1.29, 1.82) is 0 Å². The van der Waals surface area contributed by atoms with E-state index in [2.05, 4.69) is 15.2 Å². The molecule has 3 aromatic rings. The lowest BCUT2D eigenvalue weighted by Crippen LogP contribution is -2.20. The van der Waals surface area contributed by atoms with Gasteiger partial charge < -0.3 is 5.11 Å². The van der Waals surface area contributed by atoms with Gasteiger partial charge in [-0.1, -0.05) is 42.1 Å². The predicted octanol–water partition coefficient (Wildman–Crippen LogP) is 1.64. The van der Waals surface area contributed by atoms with Gasteiger partial charge in [-0.15, -0.1) is 10.2 Å². The lowest BCUT2D eigenvalue weighted by Gasteiger charge is -2.14. The average Bonchev–Trinajstić information content (AvgIpc) is 3.16. The van der Waals surface area contributed by atoms with E-state index in [0.717, 1.165) is 11.1 Å². The summed E-state index contributed by atoms with van der Waals surface area (Å²) in [6, 6.07) is 13.6. The molecule has 0 amide bonds. The van der Waals surface area contributed by atoms with E-state index in [1.165, 1.54) is 11.8 Å². The lowest BCUT2D eigenvalue weighted by atomic mass is 10.2. The maximum atomic E-state index is 11.8. The third-order valence-corrected chi connectivity index (χ3v) is 7.59. The molecule has 3 heterocycles. The summed E-state index contributed by atoms with van der Waals surface area (Å²) in [6.45, 7) is 0.545. The maximum absolute atomic E-state index is 11.8. The average molecular weight is 403 g/mol. The number of sulfone groups is 1. The van der Waals surface area contributed by atoms with Gasteiger partial charge in [0.25, 0.3) is 0 Å². The minimum Gasteiger partial charge on any atom is -0.391 e. The van der Waals surface area contributed by atoms with Crippen LogP contribution in [0.2, 0.25) is 0 Å². The fourth-order valence-corrected chi connectivity index (χ4v) is 6.56. The Morgan fingerprint density at radius 2 is 1.81 bits per heavy atom. The smallest absolute Gasteiger partial charge is 0.192 e. The molecule has 0 saturated carbocycles. The highest BCUT2D eigenvalue weighted by molar-refractivity contribution is 8.01. The quantitative estimate of drug-likeness (QED) is 0.693. The minimum absolute atomic E-state index is 0.0539. The van der Waals surface area contributed by atoms with Crippen LogP contribution in [0.15, 0.2) is 60.0 Å². The zero-order valence-corrected chi connectivity index (χ0v) is 16.0. The van der Waals surface area contributed by atoms with Crippen LogP contribution in [0.3, 0.4) is 0 Å². The summed E-state index contributed by atoms with van der Waals surface area (Å²) in [5, 5.41) is 18.9. The molecule has 1 aliphatic heterocycles. The molecule has 1 fully saturated rings. The van der Waals surface area contributed by atoms with Crippen LogP contribution in [-0.4, -0.2) is 56.1 Å². The molecule has 1 aliphatic rings. The summed E-state index contributed by atoms with van der Waals surface area (Å²) in [5.74, 6) is 0.426. The van der Waals surface area contributed by atoms with Gasteiger partial charge in [0.05, 0.1) is 29.4 Å². The van der Waals surface area contributed by atoms with Crippen molar-refractivity contribution in [2.24, 2.45) is 0 Å². The molecule has 140 valence electrons. The van der Waals surface area contributed by atoms with Crippen LogP contribution < -0.4 is 0 Å². The van der Waals surface area contributed by atoms with Crippen molar-refractivity contribution in [1.82, 2.24) is 19.7 Å². The highest BCUT2D eigenvalue weighted by Crippen LogP contribution is 2.32. The molecule has 0 unspecified atom stereocenters. The van der Waals surface area contributed by atoms with E-state index in [4.69, 9.17) is 0 Å². The maximum Gasteiger partial charge on any atom is 0.192 e. The van der Waals surface area contributed by atoms with E-state index < -0.39 is 21.2 Å². The summed E-state index contributed by atoms with van der Waals surface area (Å²) in [7, 11) is -3.22. The van der Waals surface area contributed by atoms with Crippen molar-refractivity contribution in [2.45, 2.75) is 23.1 Å². The first kappa shape index (κ1) is 18.1. The SMILES string of the molecule is O=S1(=O)C[C@@H](O)[C@H](Sc2nnc(-c3ccncc3)n2Cc2ccccc2)C1. The summed E-state index contributed by atoms with van der Waals surface area (Å²) in [6.07, 6.45) is 2.49. The molecule has 2 atom stereocenters. The van der Waals surface area contributed by atoms with Gasteiger partial charge in [-0.05, 0) is 17.7 Å². The Morgan fingerprint density at radius 1 is 1.07 bits per heavy atom. The van der Waals surface area contributed by atoms with E-state index in [1.54, 1.807) is 12.4 Å². The Kier molecular flexibility index (Phi) is 4.98. The number of benzene rings is 1. The Morgan fingerprint density at radius 3 is 2.48 bits per heavy atom. The summed E-state index contributed by atoms with van der Waals surface area (Å²) in [5.41, 5.74) is 1.95. The Bertz CT molecular complexity index is 1020. The van der Waals surface area contributed by atoms with Crippen LogP contribution in [-0.2, 0) is 16.4 Å². The first-order valence-electron chi connectivity index (χ1n) is 8.44. The monoisotopic (exact) mass is 402 g/mol. The van der Waals surface area contributed by atoms with Gasteiger partial charge in [-0.3, -0.25) is 9.55 Å². The van der Waals surface area contributed by atoms with E-state index in [0.29, 0.717) is 17.5 Å². The first-order chi connectivity index (χ1) is 13.0. The second kappa shape index (κ2) is 7.41. The first-order valence-corrected chi connectivity index (χ1v) is 11.1. The summed E-state index contributed by atoms with van der Waals surface area (Å²) < 4.78 is 25.6. The van der Waals surface area contributed by atoms with Crippen LogP contribution in [0.1, 0.15) is 5.56 Å². The van der Waals surface area contributed by atoms with Gasteiger partial charge >= 0.3 is 0 Å². The molecule has 1 N–H and O–H groups in total. The molecule has 0 spiro atoms. The zero-order chi connectivity index (χ0) is 18.9. The van der Waals surface area contributed by atoms with Crippen molar-refractivity contribution in [3.63, 3.8) is 0 Å². The molecular weight excluding hydrogens is 384 g/mol. The van der Waals surface area contributed by atoms with Gasteiger partial charge in [-0.2, -0.15) is 0 Å². The number of aromatic nitrogens is 4. The zero-order valence-electron chi connectivity index (χ0n) is 14.3. The van der Waals surface area contributed by atoms with Crippen LogP contribution in [0.4, 0.5) is 0 Å². The lowest BCUT2D eigenvalue weighted by molar-refractivity contribution is 0.207. The van der Waals surface area contributed by atoms with Crippen molar-refractivity contribution >= 4 is 21.6 Å². The van der Waals surface area contributed by atoms with Crippen LogP contribution in [0.5, 0.6) is 0 Å². The molecule has 4 rings (SSSR count). The molecule has 27 heavy (non-hydrogen) atoms. The standard InChI is InChI=1S/C18H18N4O3S2/c23-15-11-27(24,25)12-16(15)26-18-21-20-17(14-6-8-19-9-7-14)22(18)10-13-4-2-1-3-5-13/h1-9,15-16,23H,10-12H2/t15-,16-/m1/s1. The number of aliphatic hydroxyl groups excluding tert-OH is 1. The minimum atomic E-state index is -3.22. The van der Waals surface area contributed by atoms with Gasteiger partial charge in [0, 0.05) is 18.0 Å². The van der Waals surface area contributed by atoms with Gasteiger partial charge in [0.2, 0.25) is 0 Å². The normalized spacial score (nSPS) is 21.4. The Hall–Kier alpha value is -2.23. The fourth-order valence-electron chi connectivity index (χ4n) is 3.04. The largest absolute Gasteiger partial charge is 0.391 e.